The number of H-pyrrole nitrogens is 1. The van der Waals surface area contributed by atoms with Crippen molar-refractivity contribution < 1.29 is 18.4 Å². The van der Waals surface area contributed by atoms with Crippen LogP contribution in [0, 0.1) is 13.8 Å². The highest BCUT2D eigenvalue weighted by atomic mass is 16.4. The Kier molecular flexibility index (Phi) is 6.12. The molecular formula is C21H26N4O4. The van der Waals surface area contributed by atoms with Gasteiger partial charge in [-0.2, -0.15) is 0 Å². The Morgan fingerprint density at radius 3 is 2.62 bits per heavy atom. The summed E-state index contributed by atoms with van der Waals surface area (Å²) in [5.74, 6) is 1.10. The molecule has 8 heteroatoms. The highest BCUT2D eigenvalue weighted by Crippen LogP contribution is 2.23. The molecule has 8 nitrogen and oxygen atoms in total. The molecule has 3 aromatic rings. The lowest BCUT2D eigenvalue weighted by atomic mass is 10.0. The van der Waals surface area contributed by atoms with Gasteiger partial charge in [0.25, 0.3) is 5.89 Å². The Labute approximate surface area is 169 Å². The Morgan fingerprint density at radius 1 is 1.28 bits per heavy atom. The minimum atomic E-state index is -0.425. The second-order valence-electron chi connectivity index (χ2n) is 7.17. The fourth-order valence-corrected chi connectivity index (χ4v) is 3.59. The Balaban J connectivity index is 1.81. The fourth-order valence-electron chi connectivity index (χ4n) is 3.59. The zero-order valence-electron chi connectivity index (χ0n) is 17.4. The average Bonchev–Trinajstić information content (AvgIpc) is 3.40. The highest BCUT2D eigenvalue weighted by Gasteiger charge is 2.28. The SMILES string of the molecule is CCCN(Cc1nnc(-c2ccco2)o1)[C@@H](C)C(=O)c1[nH]c(C)c(C(C)=O)c1C. The van der Waals surface area contributed by atoms with Crippen LogP contribution in [0.2, 0.25) is 0 Å². The molecule has 0 saturated carbocycles. The molecule has 0 radical (unpaired) electrons. The largest absolute Gasteiger partial charge is 0.459 e. The monoisotopic (exact) mass is 398 g/mol. The van der Waals surface area contributed by atoms with Crippen molar-refractivity contribution in [2.24, 2.45) is 0 Å². The quantitative estimate of drug-likeness (QED) is 0.544. The van der Waals surface area contributed by atoms with Gasteiger partial charge in [-0.15, -0.1) is 10.2 Å². The van der Waals surface area contributed by atoms with Crippen molar-refractivity contribution in [2.75, 3.05) is 6.54 Å². The highest BCUT2D eigenvalue weighted by molar-refractivity contribution is 6.05. The van der Waals surface area contributed by atoms with Crippen molar-refractivity contribution in [3.05, 3.63) is 46.8 Å². The van der Waals surface area contributed by atoms with Gasteiger partial charge in [0.05, 0.1) is 24.5 Å². The Bertz CT molecular complexity index is 1000. The fraction of sp³-hybridized carbons (Fsp3) is 0.429. The van der Waals surface area contributed by atoms with Crippen LogP contribution < -0.4 is 0 Å². The third-order valence-corrected chi connectivity index (χ3v) is 5.01. The van der Waals surface area contributed by atoms with Crippen molar-refractivity contribution in [1.29, 1.82) is 0 Å². The van der Waals surface area contributed by atoms with Crippen molar-refractivity contribution in [2.45, 2.75) is 53.6 Å². The minimum absolute atomic E-state index is 0.0512. The van der Waals surface area contributed by atoms with Crippen LogP contribution in [0.3, 0.4) is 0 Å². The molecule has 1 atom stereocenters. The van der Waals surface area contributed by atoms with Gasteiger partial charge in [-0.1, -0.05) is 6.92 Å². The van der Waals surface area contributed by atoms with E-state index in [0.29, 0.717) is 53.1 Å². The van der Waals surface area contributed by atoms with Crippen molar-refractivity contribution in [3.8, 4) is 11.7 Å². The van der Waals surface area contributed by atoms with Gasteiger partial charge in [-0.3, -0.25) is 14.5 Å². The van der Waals surface area contributed by atoms with Crippen LogP contribution in [0.5, 0.6) is 0 Å². The van der Waals surface area contributed by atoms with Crippen LogP contribution >= 0.6 is 0 Å². The molecule has 0 bridgehead atoms. The molecule has 0 aliphatic carbocycles. The number of rotatable bonds is 9. The molecule has 0 amide bonds. The van der Waals surface area contributed by atoms with Crippen LogP contribution in [0.15, 0.2) is 27.2 Å². The van der Waals surface area contributed by atoms with Gasteiger partial charge in [0.1, 0.15) is 0 Å². The number of nitrogens with zero attached hydrogens (tertiary/aromatic N) is 3. The van der Waals surface area contributed by atoms with E-state index in [1.54, 1.807) is 25.3 Å². The third-order valence-electron chi connectivity index (χ3n) is 5.01. The molecule has 3 aromatic heterocycles. The number of carbonyl (C=O) groups excluding carboxylic acids is 2. The number of aromatic nitrogens is 3. The normalized spacial score (nSPS) is 12.5. The lowest BCUT2D eigenvalue weighted by Crippen LogP contribution is -2.39. The number of furan rings is 1. The van der Waals surface area contributed by atoms with Gasteiger partial charge >= 0.3 is 0 Å². The standard InChI is InChI=1S/C21H26N4O4/c1-6-9-25(11-17-23-24-21(29-17)16-8-7-10-28-16)14(4)20(27)19-12(2)18(15(5)26)13(3)22-19/h7-8,10,14,22H,6,9,11H2,1-5H3/t14-/m0/s1. The summed E-state index contributed by atoms with van der Waals surface area (Å²) in [5.41, 5.74) is 2.47. The summed E-state index contributed by atoms with van der Waals surface area (Å²) in [7, 11) is 0. The summed E-state index contributed by atoms with van der Waals surface area (Å²) in [6.45, 7) is 10.0. The molecule has 29 heavy (non-hydrogen) atoms. The number of Topliss-reactive ketones (excluding diaryl/α,β-unsaturated/α-hetero) is 2. The smallest absolute Gasteiger partial charge is 0.283 e. The Morgan fingerprint density at radius 2 is 2.03 bits per heavy atom. The van der Waals surface area contributed by atoms with Crippen molar-refractivity contribution in [3.63, 3.8) is 0 Å². The molecule has 0 fully saturated rings. The average molecular weight is 398 g/mol. The van der Waals surface area contributed by atoms with E-state index in [1.165, 1.54) is 6.92 Å². The number of hydrogen-bond donors (Lipinski definition) is 1. The summed E-state index contributed by atoms with van der Waals surface area (Å²) in [5, 5.41) is 8.10. The number of ketones is 2. The Hall–Kier alpha value is -3.00. The molecule has 0 aliphatic rings. The number of carbonyl (C=O) groups is 2. The van der Waals surface area contributed by atoms with Gasteiger partial charge in [-0.25, -0.2) is 0 Å². The van der Waals surface area contributed by atoms with Gasteiger partial charge < -0.3 is 13.8 Å². The molecule has 0 aliphatic heterocycles. The topological polar surface area (TPSA) is 105 Å². The van der Waals surface area contributed by atoms with E-state index in [4.69, 9.17) is 8.83 Å². The molecule has 0 unspecified atom stereocenters. The van der Waals surface area contributed by atoms with E-state index in [-0.39, 0.29) is 11.6 Å². The zero-order chi connectivity index (χ0) is 21.1. The van der Waals surface area contributed by atoms with Crippen LogP contribution in [0.4, 0.5) is 0 Å². The number of hydrogen-bond acceptors (Lipinski definition) is 7. The molecule has 0 saturated heterocycles. The van der Waals surface area contributed by atoms with Gasteiger partial charge in [0.15, 0.2) is 17.3 Å². The number of nitrogens with one attached hydrogen (secondary N) is 1. The lowest BCUT2D eigenvalue weighted by Gasteiger charge is -2.26. The summed E-state index contributed by atoms with van der Waals surface area (Å²) in [6, 6.07) is 3.07. The molecule has 0 aromatic carbocycles. The van der Waals surface area contributed by atoms with Crippen molar-refractivity contribution >= 4 is 11.6 Å². The van der Waals surface area contributed by atoms with Crippen molar-refractivity contribution in [1.82, 2.24) is 20.1 Å². The van der Waals surface area contributed by atoms with E-state index in [0.717, 1.165) is 6.42 Å². The van der Waals surface area contributed by atoms with E-state index in [1.807, 2.05) is 25.7 Å². The molecule has 3 heterocycles. The third kappa shape index (κ3) is 4.22. The molecule has 154 valence electrons. The predicted molar refractivity (Wildman–Crippen MR) is 107 cm³/mol. The maximum atomic E-state index is 13.2. The van der Waals surface area contributed by atoms with Crippen LogP contribution in [0.25, 0.3) is 11.7 Å². The van der Waals surface area contributed by atoms with Gasteiger partial charge in [-0.05, 0) is 58.4 Å². The van der Waals surface area contributed by atoms with Crippen LogP contribution in [0.1, 0.15) is 65.2 Å². The first-order valence-corrected chi connectivity index (χ1v) is 9.68. The summed E-state index contributed by atoms with van der Waals surface area (Å²) >= 11 is 0. The van der Waals surface area contributed by atoms with E-state index in [2.05, 4.69) is 15.2 Å². The molecular weight excluding hydrogens is 372 g/mol. The molecule has 3 rings (SSSR count). The lowest BCUT2D eigenvalue weighted by molar-refractivity contribution is 0.0809. The minimum Gasteiger partial charge on any atom is -0.459 e. The maximum Gasteiger partial charge on any atom is 0.283 e. The maximum absolute atomic E-state index is 13.2. The molecule has 0 spiro atoms. The van der Waals surface area contributed by atoms with E-state index < -0.39 is 6.04 Å². The van der Waals surface area contributed by atoms with Crippen LogP contribution in [-0.2, 0) is 6.54 Å². The first-order chi connectivity index (χ1) is 13.8. The van der Waals surface area contributed by atoms with Crippen LogP contribution in [-0.4, -0.2) is 44.2 Å². The summed E-state index contributed by atoms with van der Waals surface area (Å²) in [4.78, 5) is 30.2. The van der Waals surface area contributed by atoms with Gasteiger partial charge in [0, 0.05) is 11.3 Å². The first kappa shape index (κ1) is 20.7. The molecule has 1 N–H and O–H groups in total. The first-order valence-electron chi connectivity index (χ1n) is 9.68. The number of aryl methyl sites for hydroxylation is 1. The zero-order valence-corrected chi connectivity index (χ0v) is 17.4. The van der Waals surface area contributed by atoms with Gasteiger partial charge in [0.2, 0.25) is 5.89 Å². The summed E-state index contributed by atoms with van der Waals surface area (Å²) < 4.78 is 11.0. The van der Waals surface area contributed by atoms with E-state index >= 15 is 0 Å². The second-order valence-corrected chi connectivity index (χ2v) is 7.17. The summed E-state index contributed by atoms with van der Waals surface area (Å²) in [6.07, 6.45) is 2.40. The predicted octanol–water partition coefficient (Wildman–Crippen LogP) is 3.96. The number of aromatic amines is 1. The second kappa shape index (κ2) is 8.57. The van der Waals surface area contributed by atoms with E-state index in [9.17, 15) is 9.59 Å².